The molecule has 0 saturated heterocycles. The Kier molecular flexibility index (Phi) is 7.22. The first-order valence-corrected chi connectivity index (χ1v) is 12.2. The Balaban J connectivity index is 1.61. The molecule has 0 unspecified atom stereocenters. The number of thioether (sulfide) groups is 1. The predicted molar refractivity (Wildman–Crippen MR) is 121 cm³/mol. The second-order valence-electron chi connectivity index (χ2n) is 7.38. The van der Waals surface area contributed by atoms with Crippen LogP contribution in [0.15, 0.2) is 52.3 Å². The summed E-state index contributed by atoms with van der Waals surface area (Å²) in [4.78, 5) is 37.3. The molecule has 32 heavy (non-hydrogen) atoms. The van der Waals surface area contributed by atoms with E-state index in [0.29, 0.717) is 17.1 Å². The first kappa shape index (κ1) is 23.8. The van der Waals surface area contributed by atoms with Crippen LogP contribution in [0.4, 0.5) is 11.4 Å². The zero-order valence-electron chi connectivity index (χ0n) is 17.7. The molecule has 0 fully saturated rings. The van der Waals surface area contributed by atoms with E-state index in [9.17, 15) is 22.8 Å². The fourth-order valence-electron chi connectivity index (χ4n) is 2.83. The minimum absolute atomic E-state index is 0.0707. The highest BCUT2D eigenvalue weighted by molar-refractivity contribution is 8.00. The number of carbonyl (C=O) groups is 3. The van der Waals surface area contributed by atoms with Crippen LogP contribution < -0.4 is 15.4 Å². The van der Waals surface area contributed by atoms with E-state index < -0.39 is 28.0 Å². The van der Waals surface area contributed by atoms with Crippen molar-refractivity contribution in [2.75, 3.05) is 16.4 Å². The first-order valence-electron chi connectivity index (χ1n) is 9.76. The van der Waals surface area contributed by atoms with Crippen molar-refractivity contribution in [1.29, 1.82) is 0 Å². The maximum atomic E-state index is 12.4. The van der Waals surface area contributed by atoms with Crippen LogP contribution in [-0.2, 0) is 24.3 Å². The lowest BCUT2D eigenvalue weighted by Gasteiger charge is -2.18. The molecule has 1 heterocycles. The van der Waals surface area contributed by atoms with Gasteiger partial charge in [-0.15, -0.1) is 11.8 Å². The lowest BCUT2D eigenvalue weighted by Crippen LogP contribution is -2.31. The van der Waals surface area contributed by atoms with Crippen molar-refractivity contribution >= 4 is 50.9 Å². The zero-order chi connectivity index (χ0) is 23.5. The summed E-state index contributed by atoms with van der Waals surface area (Å²) in [6.45, 7) is 4.86. The molecular weight excluding hydrogens is 454 g/mol. The Labute approximate surface area is 190 Å². The Bertz CT molecular complexity index is 1150. The van der Waals surface area contributed by atoms with Crippen molar-refractivity contribution < 1.29 is 27.5 Å². The highest BCUT2D eigenvalue weighted by Gasteiger charge is 2.22. The summed E-state index contributed by atoms with van der Waals surface area (Å²) in [6, 6.07) is 10.2. The minimum Gasteiger partial charge on any atom is -0.449 e. The summed E-state index contributed by atoms with van der Waals surface area (Å²) in [5, 5.41) is 5.28. The maximum absolute atomic E-state index is 12.4. The largest absolute Gasteiger partial charge is 0.449 e. The van der Waals surface area contributed by atoms with Gasteiger partial charge in [0.15, 0.2) is 6.10 Å². The van der Waals surface area contributed by atoms with Gasteiger partial charge in [0.2, 0.25) is 15.9 Å². The van der Waals surface area contributed by atoms with Crippen molar-refractivity contribution in [2.24, 2.45) is 0 Å². The highest BCUT2D eigenvalue weighted by atomic mass is 32.2. The Morgan fingerprint density at radius 3 is 2.44 bits per heavy atom. The molecule has 0 aliphatic carbocycles. The number of amides is 2. The van der Waals surface area contributed by atoms with Gasteiger partial charge in [0.1, 0.15) is 0 Å². The number of esters is 1. The van der Waals surface area contributed by atoms with Crippen LogP contribution in [0.1, 0.15) is 31.1 Å². The second-order valence-corrected chi connectivity index (χ2v) is 10.1. The molecule has 3 N–H and O–H groups in total. The third-order valence-corrected chi connectivity index (χ3v) is 7.07. The van der Waals surface area contributed by atoms with E-state index in [1.807, 2.05) is 0 Å². The quantitative estimate of drug-likeness (QED) is 0.523. The van der Waals surface area contributed by atoms with Crippen LogP contribution in [-0.4, -0.2) is 44.1 Å². The van der Waals surface area contributed by atoms with Gasteiger partial charge in [-0.2, -0.15) is 0 Å². The van der Waals surface area contributed by atoms with Gasteiger partial charge < -0.3 is 15.4 Å². The fourth-order valence-corrected chi connectivity index (χ4v) is 4.87. The summed E-state index contributed by atoms with van der Waals surface area (Å²) in [5.74, 6) is -1.12. The average Bonchev–Trinajstić information content (AvgIpc) is 2.72. The topological polar surface area (TPSA) is 131 Å². The Hall–Kier alpha value is -2.89. The first-order chi connectivity index (χ1) is 15.0. The average molecular weight is 478 g/mol. The van der Waals surface area contributed by atoms with Crippen molar-refractivity contribution in [3.63, 3.8) is 0 Å². The van der Waals surface area contributed by atoms with Gasteiger partial charge in [0, 0.05) is 16.6 Å². The van der Waals surface area contributed by atoms with E-state index in [0.717, 1.165) is 4.90 Å². The summed E-state index contributed by atoms with van der Waals surface area (Å²) in [6.07, 6.45) is -1.10. The van der Waals surface area contributed by atoms with E-state index in [2.05, 4.69) is 15.4 Å². The molecule has 170 valence electrons. The van der Waals surface area contributed by atoms with E-state index in [4.69, 9.17) is 4.74 Å². The number of benzene rings is 2. The molecular formula is C21H23N3O6S2. The van der Waals surface area contributed by atoms with Crippen molar-refractivity contribution in [3.8, 4) is 0 Å². The van der Waals surface area contributed by atoms with E-state index in [-0.39, 0.29) is 22.4 Å². The number of ether oxygens (including phenoxy) is 1. The molecule has 0 radical (unpaired) electrons. The van der Waals surface area contributed by atoms with Gasteiger partial charge in [-0.25, -0.2) is 17.9 Å². The number of hydrogen-bond donors (Lipinski definition) is 3. The van der Waals surface area contributed by atoms with E-state index >= 15 is 0 Å². The summed E-state index contributed by atoms with van der Waals surface area (Å²) < 4.78 is 32.0. The smallest absolute Gasteiger partial charge is 0.338 e. The highest BCUT2D eigenvalue weighted by Crippen LogP contribution is 2.32. The second kappa shape index (κ2) is 9.72. The summed E-state index contributed by atoms with van der Waals surface area (Å²) in [5.41, 5.74) is 1.09. The molecule has 3 rings (SSSR count). The molecule has 2 amide bonds. The van der Waals surface area contributed by atoms with Gasteiger partial charge in [0.25, 0.3) is 5.91 Å². The molecule has 2 aromatic carbocycles. The molecule has 0 aromatic heterocycles. The molecule has 0 bridgehead atoms. The van der Waals surface area contributed by atoms with E-state index in [1.165, 1.54) is 49.0 Å². The van der Waals surface area contributed by atoms with Crippen LogP contribution in [0.5, 0.6) is 0 Å². The lowest BCUT2D eigenvalue weighted by atomic mass is 10.2. The van der Waals surface area contributed by atoms with Crippen LogP contribution in [0.2, 0.25) is 0 Å². The molecule has 0 saturated carbocycles. The van der Waals surface area contributed by atoms with Gasteiger partial charge in [0.05, 0.1) is 21.9 Å². The number of hydrogen-bond acceptors (Lipinski definition) is 7. The molecule has 1 atom stereocenters. The number of anilines is 2. The SMILES string of the molecule is CC(C)NS(=O)(=O)c1ccc(NC(=O)[C@H](C)OC(=O)c2ccc3c(c2)NC(=O)CS3)cc1. The minimum atomic E-state index is -3.64. The molecule has 11 heteroatoms. The normalized spacial score (nSPS) is 14.3. The van der Waals surface area contributed by atoms with Gasteiger partial charge >= 0.3 is 5.97 Å². The predicted octanol–water partition coefficient (Wildman–Crippen LogP) is 2.60. The number of sulfonamides is 1. The van der Waals surface area contributed by atoms with E-state index in [1.54, 1.807) is 26.0 Å². The van der Waals surface area contributed by atoms with Crippen LogP contribution >= 0.6 is 11.8 Å². The van der Waals surface area contributed by atoms with Crippen molar-refractivity contribution in [1.82, 2.24) is 4.72 Å². The van der Waals surface area contributed by atoms with Crippen LogP contribution in [0.25, 0.3) is 0 Å². The summed E-state index contributed by atoms with van der Waals surface area (Å²) in [7, 11) is -3.64. The molecule has 9 nitrogen and oxygen atoms in total. The van der Waals surface area contributed by atoms with Crippen LogP contribution in [0.3, 0.4) is 0 Å². The number of rotatable bonds is 7. The molecule has 0 spiro atoms. The number of carbonyl (C=O) groups excluding carboxylic acids is 3. The molecule has 1 aliphatic rings. The van der Waals surface area contributed by atoms with Crippen molar-refractivity contribution in [3.05, 3.63) is 48.0 Å². The number of nitrogens with one attached hydrogen (secondary N) is 3. The van der Waals surface area contributed by atoms with Gasteiger partial charge in [-0.3, -0.25) is 9.59 Å². The maximum Gasteiger partial charge on any atom is 0.338 e. The van der Waals surface area contributed by atoms with Crippen LogP contribution in [0, 0.1) is 0 Å². The standard InChI is InChI=1S/C21H23N3O6S2/c1-12(2)24-32(28,29)16-7-5-15(6-8-16)22-20(26)13(3)30-21(27)14-4-9-18-17(10-14)23-19(25)11-31-18/h4-10,12-13,24H,11H2,1-3H3,(H,22,26)(H,23,25)/t13-/m0/s1. The zero-order valence-corrected chi connectivity index (χ0v) is 19.3. The third kappa shape index (κ3) is 5.87. The Morgan fingerprint density at radius 2 is 1.78 bits per heavy atom. The van der Waals surface area contributed by atoms with Gasteiger partial charge in [-0.05, 0) is 63.2 Å². The third-order valence-electron chi connectivity index (χ3n) is 4.32. The molecule has 1 aliphatic heterocycles. The lowest BCUT2D eigenvalue weighted by molar-refractivity contribution is -0.123. The summed E-state index contributed by atoms with van der Waals surface area (Å²) >= 11 is 1.37. The molecule has 2 aromatic rings. The van der Waals surface area contributed by atoms with Gasteiger partial charge in [-0.1, -0.05) is 0 Å². The monoisotopic (exact) mass is 477 g/mol. The fraction of sp³-hybridized carbons (Fsp3) is 0.286. The Morgan fingerprint density at radius 1 is 1.09 bits per heavy atom. The van der Waals surface area contributed by atoms with Crippen molar-refractivity contribution in [2.45, 2.75) is 42.7 Å². The number of fused-ring (bicyclic) bond motifs is 1.